The Morgan fingerprint density at radius 1 is 1.17 bits per heavy atom. The van der Waals surface area contributed by atoms with Gasteiger partial charge in [-0.25, -0.2) is 4.79 Å². The molecule has 4 amide bonds. The summed E-state index contributed by atoms with van der Waals surface area (Å²) in [6, 6.07) is 8.33. The number of nitrogens with two attached hydrogens (primary N) is 1. The van der Waals surface area contributed by atoms with E-state index < -0.39 is 6.03 Å². The van der Waals surface area contributed by atoms with Gasteiger partial charge in [0.05, 0.1) is 5.69 Å². The Morgan fingerprint density at radius 3 is 2.76 bits per heavy atom. The highest BCUT2D eigenvalue weighted by Gasteiger charge is 2.22. The molecule has 0 unspecified atom stereocenters. The zero-order valence-electron chi connectivity index (χ0n) is 16.2. The zero-order chi connectivity index (χ0) is 20.8. The minimum Gasteiger partial charge on any atom is -0.351 e. The van der Waals surface area contributed by atoms with Gasteiger partial charge in [-0.2, -0.15) is 0 Å². The second kappa shape index (κ2) is 9.53. The average molecular weight is 416 g/mol. The summed E-state index contributed by atoms with van der Waals surface area (Å²) in [6.07, 6.45) is 3.05. The van der Waals surface area contributed by atoms with Crippen molar-refractivity contribution < 1.29 is 14.4 Å². The van der Waals surface area contributed by atoms with Gasteiger partial charge in [-0.1, -0.05) is 18.6 Å². The van der Waals surface area contributed by atoms with Crippen LogP contribution in [0.4, 0.5) is 16.2 Å². The molecule has 2 aromatic rings. The molecule has 0 saturated carbocycles. The number of nitrogens with one attached hydrogen (secondary N) is 4. The van der Waals surface area contributed by atoms with Crippen LogP contribution in [0.2, 0.25) is 0 Å². The maximum absolute atomic E-state index is 12.9. The summed E-state index contributed by atoms with van der Waals surface area (Å²) in [5.41, 5.74) is 7.15. The number of thiophene rings is 1. The number of rotatable bonds is 5. The van der Waals surface area contributed by atoms with E-state index in [0.717, 1.165) is 42.8 Å². The molecule has 9 heteroatoms. The number of hydrogen-bond donors (Lipinski definition) is 5. The molecule has 0 bridgehead atoms. The highest BCUT2D eigenvalue weighted by molar-refractivity contribution is 7.18. The van der Waals surface area contributed by atoms with Gasteiger partial charge in [-0.05, 0) is 43.1 Å². The highest BCUT2D eigenvalue weighted by Crippen LogP contribution is 2.36. The van der Waals surface area contributed by atoms with Crippen LogP contribution in [0.5, 0.6) is 0 Å². The Morgan fingerprint density at radius 2 is 2.00 bits per heavy atom. The lowest BCUT2D eigenvalue weighted by Gasteiger charge is -2.16. The summed E-state index contributed by atoms with van der Waals surface area (Å²) in [5.74, 6) is -0.404. The second-order valence-electron chi connectivity index (χ2n) is 6.97. The molecule has 6 N–H and O–H groups in total. The first-order chi connectivity index (χ1) is 13.9. The summed E-state index contributed by atoms with van der Waals surface area (Å²) in [7, 11) is 0. The van der Waals surface area contributed by atoms with Gasteiger partial charge in [0.2, 0.25) is 5.91 Å². The number of benzene rings is 1. The lowest BCUT2D eigenvalue weighted by molar-refractivity contribution is -0.114. The minimum atomic E-state index is -0.730. The molecule has 2 heterocycles. The Kier molecular flexibility index (Phi) is 6.84. The number of primary amides is 1. The van der Waals surface area contributed by atoms with E-state index >= 15 is 0 Å². The first kappa shape index (κ1) is 20.8. The molecule has 1 aliphatic heterocycles. The van der Waals surface area contributed by atoms with E-state index in [-0.39, 0.29) is 17.9 Å². The Bertz CT molecular complexity index is 903. The van der Waals surface area contributed by atoms with E-state index in [2.05, 4.69) is 21.3 Å². The van der Waals surface area contributed by atoms with Gasteiger partial charge < -0.3 is 27.0 Å². The molecule has 154 valence electrons. The maximum atomic E-state index is 12.9. The van der Waals surface area contributed by atoms with Crippen molar-refractivity contribution in [3.05, 3.63) is 35.2 Å². The molecule has 1 saturated heterocycles. The SMILES string of the molecule is CC(=O)Nc1cccc(-c2cc(NC(N)=O)c(C(=O)N[C@H]3CCCCNC3)s2)c1. The van der Waals surface area contributed by atoms with Crippen molar-refractivity contribution in [3.8, 4) is 10.4 Å². The smallest absolute Gasteiger partial charge is 0.316 e. The molecule has 29 heavy (non-hydrogen) atoms. The number of hydrogen-bond acceptors (Lipinski definition) is 5. The van der Waals surface area contributed by atoms with Gasteiger partial charge in [0, 0.05) is 30.1 Å². The molecular weight excluding hydrogens is 390 g/mol. The van der Waals surface area contributed by atoms with Crippen molar-refractivity contribution in [3.63, 3.8) is 0 Å². The molecule has 1 aliphatic rings. The summed E-state index contributed by atoms with van der Waals surface area (Å²) in [5, 5.41) is 11.7. The lowest BCUT2D eigenvalue weighted by atomic mass is 10.1. The maximum Gasteiger partial charge on any atom is 0.316 e. The van der Waals surface area contributed by atoms with Gasteiger partial charge in [0.15, 0.2) is 0 Å². The van der Waals surface area contributed by atoms with E-state index in [1.54, 1.807) is 12.1 Å². The van der Waals surface area contributed by atoms with Crippen molar-refractivity contribution in [1.82, 2.24) is 10.6 Å². The molecule has 1 atom stereocenters. The fourth-order valence-electron chi connectivity index (χ4n) is 3.27. The van der Waals surface area contributed by atoms with Crippen LogP contribution in [0.15, 0.2) is 30.3 Å². The topological polar surface area (TPSA) is 125 Å². The number of carbonyl (C=O) groups excluding carboxylic acids is 3. The third-order valence-electron chi connectivity index (χ3n) is 4.55. The fraction of sp³-hybridized carbons (Fsp3) is 0.350. The third kappa shape index (κ3) is 5.78. The summed E-state index contributed by atoms with van der Waals surface area (Å²) in [6.45, 7) is 3.12. The third-order valence-corrected chi connectivity index (χ3v) is 5.73. The van der Waals surface area contributed by atoms with Gasteiger partial charge in [0.1, 0.15) is 4.88 Å². The molecule has 1 aromatic heterocycles. The van der Waals surface area contributed by atoms with Crippen molar-refractivity contribution >= 4 is 40.6 Å². The van der Waals surface area contributed by atoms with E-state index in [9.17, 15) is 14.4 Å². The van der Waals surface area contributed by atoms with E-state index in [4.69, 9.17) is 5.73 Å². The van der Waals surface area contributed by atoms with Gasteiger partial charge in [-0.3, -0.25) is 9.59 Å². The zero-order valence-corrected chi connectivity index (χ0v) is 17.0. The van der Waals surface area contributed by atoms with Gasteiger partial charge >= 0.3 is 6.03 Å². The normalized spacial score (nSPS) is 16.5. The van der Waals surface area contributed by atoms with Crippen LogP contribution in [-0.2, 0) is 4.79 Å². The average Bonchev–Trinajstić information content (AvgIpc) is 2.89. The predicted molar refractivity (Wildman–Crippen MR) is 115 cm³/mol. The largest absolute Gasteiger partial charge is 0.351 e. The van der Waals surface area contributed by atoms with Crippen molar-refractivity contribution in [2.75, 3.05) is 23.7 Å². The minimum absolute atomic E-state index is 0.0417. The molecule has 1 fully saturated rings. The van der Waals surface area contributed by atoms with Crippen LogP contribution in [0.3, 0.4) is 0 Å². The van der Waals surface area contributed by atoms with E-state index in [0.29, 0.717) is 16.3 Å². The van der Waals surface area contributed by atoms with Crippen LogP contribution < -0.4 is 27.0 Å². The molecular formula is C20H25N5O3S. The summed E-state index contributed by atoms with van der Waals surface area (Å²) < 4.78 is 0. The summed E-state index contributed by atoms with van der Waals surface area (Å²) >= 11 is 1.27. The molecule has 8 nitrogen and oxygen atoms in total. The molecule has 0 radical (unpaired) electrons. The van der Waals surface area contributed by atoms with Crippen molar-refractivity contribution in [2.24, 2.45) is 5.73 Å². The first-order valence-corrected chi connectivity index (χ1v) is 10.3. The molecule has 0 aliphatic carbocycles. The second-order valence-corrected chi connectivity index (χ2v) is 8.03. The van der Waals surface area contributed by atoms with Crippen molar-refractivity contribution in [2.45, 2.75) is 32.2 Å². The number of amides is 4. The van der Waals surface area contributed by atoms with Crippen LogP contribution in [0.1, 0.15) is 35.9 Å². The first-order valence-electron chi connectivity index (χ1n) is 9.52. The monoisotopic (exact) mass is 415 g/mol. The van der Waals surface area contributed by atoms with Crippen LogP contribution in [-0.4, -0.2) is 37.0 Å². The van der Waals surface area contributed by atoms with Crippen LogP contribution in [0, 0.1) is 0 Å². The van der Waals surface area contributed by atoms with E-state index in [1.165, 1.54) is 18.3 Å². The Labute approximate surface area is 173 Å². The quantitative estimate of drug-likeness (QED) is 0.515. The molecule has 1 aromatic carbocycles. The standard InChI is InChI=1S/C20H25N5O3S/c1-12(26)23-14-7-4-5-13(9-14)17-10-16(25-20(21)28)18(29-17)19(27)24-15-6-2-3-8-22-11-15/h4-5,7,9-10,15,22H,2-3,6,8,11H2,1H3,(H,23,26)(H,24,27)(H3,21,25,28)/t15-/m0/s1. The molecule has 3 rings (SSSR count). The highest BCUT2D eigenvalue weighted by atomic mass is 32.1. The Hall–Kier alpha value is -2.91. The lowest BCUT2D eigenvalue weighted by Crippen LogP contribution is -2.40. The van der Waals surface area contributed by atoms with E-state index in [1.807, 2.05) is 18.2 Å². The van der Waals surface area contributed by atoms with Crippen molar-refractivity contribution in [1.29, 1.82) is 0 Å². The van der Waals surface area contributed by atoms with Gasteiger partial charge in [0.25, 0.3) is 5.91 Å². The summed E-state index contributed by atoms with van der Waals surface area (Å²) in [4.78, 5) is 36.8. The predicted octanol–water partition coefficient (Wildman–Crippen LogP) is 2.74. The van der Waals surface area contributed by atoms with Crippen LogP contribution >= 0.6 is 11.3 Å². The molecule has 0 spiro atoms. The Balaban J connectivity index is 1.86. The van der Waals surface area contributed by atoms with Crippen LogP contribution in [0.25, 0.3) is 10.4 Å². The number of anilines is 2. The number of carbonyl (C=O) groups is 3. The van der Waals surface area contributed by atoms with Gasteiger partial charge in [-0.15, -0.1) is 11.3 Å². The fourth-order valence-corrected chi connectivity index (χ4v) is 4.29. The number of urea groups is 1.